The van der Waals surface area contributed by atoms with Crippen LogP contribution in [0.2, 0.25) is 0 Å². The summed E-state index contributed by atoms with van der Waals surface area (Å²) < 4.78 is 6.04. The van der Waals surface area contributed by atoms with E-state index in [0.29, 0.717) is 11.3 Å². The second kappa shape index (κ2) is 11.2. The molecule has 0 spiro atoms. The van der Waals surface area contributed by atoms with Gasteiger partial charge in [0.15, 0.2) is 6.10 Å². The summed E-state index contributed by atoms with van der Waals surface area (Å²) in [6.07, 6.45) is -0.472. The van der Waals surface area contributed by atoms with E-state index in [-0.39, 0.29) is 29.8 Å². The summed E-state index contributed by atoms with van der Waals surface area (Å²) >= 11 is 7.68. The van der Waals surface area contributed by atoms with E-state index in [1.54, 1.807) is 0 Å². The molecule has 0 aliphatic carbocycles. The Morgan fingerprint density at radius 3 is 2.08 bits per heavy atom. The van der Waals surface area contributed by atoms with Gasteiger partial charge in [-0.15, -0.1) is 23.4 Å². The standard InChI is InChI=1S/C29H25ClN2O4S/c30-17-22-18-37-28-24(31-23(33)16-19-10-4-1-5-11-19)27(34)32(28)25(22)29(35)36-26(20-12-6-2-7-13-20)21-14-8-3-9-15-21/h1-15,24,26,28H,16-18H2,(H,31,33). The molecule has 1 saturated heterocycles. The average molecular weight is 533 g/mol. The fourth-order valence-corrected chi connectivity index (χ4v) is 6.21. The number of hydrogen-bond donors (Lipinski definition) is 1. The van der Waals surface area contributed by atoms with E-state index < -0.39 is 23.5 Å². The van der Waals surface area contributed by atoms with Gasteiger partial charge in [-0.05, 0) is 22.3 Å². The molecule has 0 radical (unpaired) electrons. The second-order valence-electron chi connectivity index (χ2n) is 8.81. The summed E-state index contributed by atoms with van der Waals surface area (Å²) in [5.74, 6) is -0.630. The number of alkyl halides is 1. The molecule has 1 N–H and O–H groups in total. The van der Waals surface area contributed by atoms with Crippen LogP contribution < -0.4 is 5.32 Å². The maximum Gasteiger partial charge on any atom is 0.356 e. The molecule has 3 aromatic rings. The first kappa shape index (κ1) is 25.1. The quantitative estimate of drug-likeness (QED) is 0.263. The minimum Gasteiger partial charge on any atom is -0.448 e. The average Bonchev–Trinajstić information content (AvgIpc) is 2.95. The molecule has 5 rings (SSSR count). The number of hydrogen-bond acceptors (Lipinski definition) is 5. The third-order valence-corrected chi connectivity index (χ3v) is 8.02. The Bertz CT molecular complexity index is 1280. The molecule has 6 nitrogen and oxygen atoms in total. The molecule has 2 amide bonds. The second-order valence-corrected chi connectivity index (χ2v) is 10.2. The monoisotopic (exact) mass is 532 g/mol. The van der Waals surface area contributed by atoms with Crippen LogP contribution in [0.3, 0.4) is 0 Å². The fraction of sp³-hybridized carbons (Fsp3) is 0.207. The molecule has 0 saturated carbocycles. The molecule has 1 fully saturated rings. The van der Waals surface area contributed by atoms with Crippen molar-refractivity contribution in [2.45, 2.75) is 23.9 Å². The predicted molar refractivity (Wildman–Crippen MR) is 144 cm³/mol. The number of halogens is 1. The third kappa shape index (κ3) is 5.29. The number of carbonyl (C=O) groups excluding carboxylic acids is 3. The van der Waals surface area contributed by atoms with Crippen LogP contribution in [-0.4, -0.2) is 45.7 Å². The Hall–Kier alpha value is -3.55. The van der Waals surface area contributed by atoms with E-state index in [0.717, 1.165) is 16.7 Å². The highest BCUT2D eigenvalue weighted by Crippen LogP contribution is 2.41. The van der Waals surface area contributed by atoms with Crippen LogP contribution in [0, 0.1) is 0 Å². The molecule has 2 aliphatic heterocycles. The molecule has 2 heterocycles. The highest BCUT2D eigenvalue weighted by molar-refractivity contribution is 8.00. The number of amides is 2. The zero-order valence-electron chi connectivity index (χ0n) is 19.9. The van der Waals surface area contributed by atoms with Crippen molar-refractivity contribution in [2.75, 3.05) is 11.6 Å². The van der Waals surface area contributed by atoms with Gasteiger partial charge in [-0.25, -0.2) is 4.79 Å². The molecule has 8 heteroatoms. The van der Waals surface area contributed by atoms with Gasteiger partial charge in [0.25, 0.3) is 5.91 Å². The summed E-state index contributed by atoms with van der Waals surface area (Å²) in [5, 5.41) is 2.45. The molecule has 2 aliphatic rings. The SMILES string of the molecule is O=C(Cc1ccccc1)NC1C(=O)N2C(C(=O)OC(c3ccccc3)c3ccccc3)=C(CCl)CSC12. The summed E-state index contributed by atoms with van der Waals surface area (Å²) in [5.41, 5.74) is 3.31. The number of ether oxygens (including phenoxy) is 1. The maximum atomic E-state index is 13.6. The van der Waals surface area contributed by atoms with E-state index in [1.807, 2.05) is 91.0 Å². The van der Waals surface area contributed by atoms with E-state index in [1.165, 1.54) is 16.7 Å². The number of β-lactam (4-membered cyclic amide) rings is 1. The first-order valence-electron chi connectivity index (χ1n) is 11.9. The Balaban J connectivity index is 1.35. The Morgan fingerprint density at radius 1 is 0.946 bits per heavy atom. The summed E-state index contributed by atoms with van der Waals surface area (Å²) in [6, 6.07) is 27.6. The van der Waals surface area contributed by atoms with E-state index in [9.17, 15) is 14.4 Å². The lowest BCUT2D eigenvalue weighted by molar-refractivity contribution is -0.154. The van der Waals surface area contributed by atoms with Crippen molar-refractivity contribution in [3.63, 3.8) is 0 Å². The van der Waals surface area contributed by atoms with Crippen molar-refractivity contribution in [1.82, 2.24) is 10.2 Å². The van der Waals surface area contributed by atoms with Gasteiger partial charge < -0.3 is 10.1 Å². The third-order valence-electron chi connectivity index (χ3n) is 6.36. The first-order chi connectivity index (χ1) is 18.1. The van der Waals surface area contributed by atoms with E-state index >= 15 is 0 Å². The highest BCUT2D eigenvalue weighted by atomic mass is 35.5. The molecule has 0 bridgehead atoms. The predicted octanol–water partition coefficient (Wildman–Crippen LogP) is 4.45. The van der Waals surface area contributed by atoms with Crippen molar-refractivity contribution in [3.05, 3.63) is 119 Å². The normalized spacial score (nSPS) is 18.8. The summed E-state index contributed by atoms with van der Waals surface area (Å²) in [6.45, 7) is 0. The Morgan fingerprint density at radius 2 is 1.51 bits per heavy atom. The van der Waals surface area contributed by atoms with Crippen molar-refractivity contribution >= 4 is 41.1 Å². The molecular weight excluding hydrogens is 508 g/mol. The molecule has 2 atom stereocenters. The lowest BCUT2D eigenvalue weighted by atomic mass is 10.0. The molecule has 3 aromatic carbocycles. The number of esters is 1. The van der Waals surface area contributed by atoms with Gasteiger partial charge in [0.2, 0.25) is 5.91 Å². The van der Waals surface area contributed by atoms with Gasteiger partial charge in [-0.2, -0.15) is 0 Å². The van der Waals surface area contributed by atoms with Gasteiger partial charge in [0, 0.05) is 11.6 Å². The van der Waals surface area contributed by atoms with Crippen LogP contribution >= 0.6 is 23.4 Å². The Kier molecular flexibility index (Phi) is 7.63. The Labute approximate surface area is 224 Å². The lowest BCUT2D eigenvalue weighted by Crippen LogP contribution is -2.70. The number of benzene rings is 3. The van der Waals surface area contributed by atoms with Crippen LogP contribution in [0.15, 0.2) is 102 Å². The number of thioether (sulfide) groups is 1. The number of nitrogens with one attached hydrogen (secondary N) is 1. The van der Waals surface area contributed by atoms with Crippen molar-refractivity contribution < 1.29 is 19.1 Å². The van der Waals surface area contributed by atoms with Gasteiger partial charge in [-0.3, -0.25) is 14.5 Å². The van der Waals surface area contributed by atoms with E-state index in [2.05, 4.69) is 5.32 Å². The molecule has 188 valence electrons. The largest absolute Gasteiger partial charge is 0.448 e. The van der Waals surface area contributed by atoms with Crippen LogP contribution in [0.4, 0.5) is 0 Å². The molecular formula is C29H25ClN2O4S. The number of rotatable bonds is 8. The minimum absolute atomic E-state index is 0.0975. The van der Waals surface area contributed by atoms with Crippen LogP contribution in [0.1, 0.15) is 22.8 Å². The highest BCUT2D eigenvalue weighted by Gasteiger charge is 2.54. The summed E-state index contributed by atoms with van der Waals surface area (Å²) in [4.78, 5) is 40.8. The number of carbonyl (C=O) groups is 3. The van der Waals surface area contributed by atoms with Crippen LogP contribution in [0.5, 0.6) is 0 Å². The van der Waals surface area contributed by atoms with Gasteiger partial charge in [0.05, 0.1) is 6.42 Å². The van der Waals surface area contributed by atoms with Crippen molar-refractivity contribution in [2.24, 2.45) is 0 Å². The smallest absolute Gasteiger partial charge is 0.356 e. The zero-order valence-corrected chi connectivity index (χ0v) is 21.5. The zero-order chi connectivity index (χ0) is 25.8. The lowest BCUT2D eigenvalue weighted by Gasteiger charge is -2.49. The number of nitrogens with zero attached hydrogens (tertiary/aromatic N) is 1. The minimum atomic E-state index is -0.708. The molecule has 37 heavy (non-hydrogen) atoms. The molecule has 2 unspecified atom stereocenters. The van der Waals surface area contributed by atoms with Crippen LogP contribution in [0.25, 0.3) is 0 Å². The fourth-order valence-electron chi connectivity index (χ4n) is 4.53. The maximum absolute atomic E-state index is 13.6. The van der Waals surface area contributed by atoms with Crippen LogP contribution in [-0.2, 0) is 25.5 Å². The molecule has 0 aromatic heterocycles. The summed E-state index contributed by atoms with van der Waals surface area (Å²) in [7, 11) is 0. The van der Waals surface area contributed by atoms with Crippen molar-refractivity contribution in [1.29, 1.82) is 0 Å². The van der Waals surface area contributed by atoms with Gasteiger partial charge in [-0.1, -0.05) is 91.0 Å². The van der Waals surface area contributed by atoms with E-state index in [4.69, 9.17) is 16.3 Å². The van der Waals surface area contributed by atoms with Crippen molar-refractivity contribution in [3.8, 4) is 0 Å². The first-order valence-corrected chi connectivity index (χ1v) is 13.5. The number of fused-ring (bicyclic) bond motifs is 1. The van der Waals surface area contributed by atoms with Gasteiger partial charge >= 0.3 is 5.97 Å². The topological polar surface area (TPSA) is 75.7 Å². The van der Waals surface area contributed by atoms with Gasteiger partial charge in [0.1, 0.15) is 17.1 Å².